The molecule has 0 atom stereocenters. The molecule has 4 N–H and O–H groups in total. The van der Waals surface area contributed by atoms with Gasteiger partial charge in [-0.25, -0.2) is 4.98 Å². The number of aliphatic hydroxyl groups is 1. The molecule has 1 amide bonds. The molecule has 0 saturated heterocycles. The lowest BCUT2D eigenvalue weighted by molar-refractivity contribution is -0.116. The van der Waals surface area contributed by atoms with E-state index in [0.29, 0.717) is 19.0 Å². The smallest absolute Gasteiger partial charge is 0.226 e. The highest BCUT2D eigenvalue weighted by Crippen LogP contribution is 2.44. The summed E-state index contributed by atoms with van der Waals surface area (Å²) in [5, 5.41) is 21.1. The zero-order chi connectivity index (χ0) is 19.8. The van der Waals surface area contributed by atoms with Crippen LogP contribution in [0.5, 0.6) is 0 Å². The van der Waals surface area contributed by atoms with E-state index in [2.05, 4.69) is 20.9 Å². The minimum atomic E-state index is -0.182. The summed E-state index contributed by atoms with van der Waals surface area (Å²) in [5.41, 5.74) is 3.28. The predicted octanol–water partition coefficient (Wildman–Crippen LogP) is 2.51. The molecular formula is C20H23N5O2S2. The highest BCUT2D eigenvalue weighted by molar-refractivity contribution is 7.22. The third-order valence-electron chi connectivity index (χ3n) is 5.48. The summed E-state index contributed by atoms with van der Waals surface area (Å²) >= 11 is 3.30. The van der Waals surface area contributed by atoms with E-state index in [9.17, 15) is 9.90 Å². The lowest BCUT2D eigenvalue weighted by Gasteiger charge is -2.32. The van der Waals surface area contributed by atoms with Crippen molar-refractivity contribution in [3.63, 3.8) is 0 Å². The largest absolute Gasteiger partial charge is 0.393 e. The summed E-state index contributed by atoms with van der Waals surface area (Å²) in [7, 11) is 0. The van der Waals surface area contributed by atoms with Crippen LogP contribution in [0, 0.1) is 0 Å². The Morgan fingerprint density at radius 3 is 3.07 bits per heavy atom. The van der Waals surface area contributed by atoms with Gasteiger partial charge in [-0.05, 0) is 37.4 Å². The third kappa shape index (κ3) is 3.93. The summed E-state index contributed by atoms with van der Waals surface area (Å²) in [6.45, 7) is 2.40. The predicted molar refractivity (Wildman–Crippen MR) is 116 cm³/mol. The van der Waals surface area contributed by atoms with Gasteiger partial charge in [0, 0.05) is 42.2 Å². The summed E-state index contributed by atoms with van der Waals surface area (Å²) in [6, 6.07) is 2.32. The van der Waals surface area contributed by atoms with Crippen molar-refractivity contribution in [3.8, 4) is 10.6 Å². The number of nitrogens with zero attached hydrogens (tertiary/aromatic N) is 2. The number of thiazole rings is 1. The molecule has 1 fully saturated rings. The van der Waals surface area contributed by atoms with Crippen molar-refractivity contribution in [1.82, 2.24) is 20.6 Å². The zero-order valence-electron chi connectivity index (χ0n) is 15.9. The van der Waals surface area contributed by atoms with Gasteiger partial charge in [0.2, 0.25) is 5.91 Å². The van der Waals surface area contributed by atoms with Crippen molar-refractivity contribution >= 4 is 43.8 Å². The van der Waals surface area contributed by atoms with Crippen molar-refractivity contribution in [3.05, 3.63) is 28.9 Å². The average molecular weight is 430 g/mol. The number of carbonyl (C=O) groups is 1. The van der Waals surface area contributed by atoms with Crippen LogP contribution in [0.25, 0.3) is 20.8 Å². The van der Waals surface area contributed by atoms with Gasteiger partial charge in [0.25, 0.3) is 0 Å². The van der Waals surface area contributed by atoms with Gasteiger partial charge in [0.15, 0.2) is 0 Å². The summed E-state index contributed by atoms with van der Waals surface area (Å²) < 4.78 is 1.10. The van der Waals surface area contributed by atoms with Crippen molar-refractivity contribution < 1.29 is 9.90 Å². The van der Waals surface area contributed by atoms with Crippen LogP contribution in [0.1, 0.15) is 29.7 Å². The Hall–Kier alpha value is -1.91. The second kappa shape index (κ2) is 8.08. The van der Waals surface area contributed by atoms with Gasteiger partial charge < -0.3 is 21.1 Å². The number of aromatic nitrogens is 2. The fraction of sp³-hybridized carbons (Fsp3) is 0.450. The Morgan fingerprint density at radius 1 is 1.34 bits per heavy atom. The molecule has 0 radical (unpaired) electrons. The number of nitrogens with one attached hydrogen (secondary N) is 3. The average Bonchev–Trinajstić information content (AvgIpc) is 3.26. The van der Waals surface area contributed by atoms with Crippen molar-refractivity contribution in [2.24, 2.45) is 0 Å². The van der Waals surface area contributed by atoms with E-state index in [1.54, 1.807) is 35.1 Å². The number of fused-ring (bicyclic) bond motifs is 2. The summed E-state index contributed by atoms with van der Waals surface area (Å²) in [5.74, 6) is 0.00737. The van der Waals surface area contributed by atoms with Crippen molar-refractivity contribution in [1.29, 1.82) is 0 Å². The maximum atomic E-state index is 12.6. The van der Waals surface area contributed by atoms with Crippen molar-refractivity contribution in [2.75, 3.05) is 18.4 Å². The molecule has 1 saturated carbocycles. The number of amides is 1. The molecule has 7 nitrogen and oxygen atoms in total. The van der Waals surface area contributed by atoms with E-state index in [4.69, 9.17) is 4.98 Å². The Labute approximate surface area is 176 Å². The number of aliphatic hydroxyl groups excluding tert-OH is 1. The van der Waals surface area contributed by atoms with Gasteiger partial charge in [0.05, 0.1) is 17.0 Å². The van der Waals surface area contributed by atoms with Gasteiger partial charge >= 0.3 is 0 Å². The van der Waals surface area contributed by atoms with E-state index in [1.807, 2.05) is 6.07 Å². The highest BCUT2D eigenvalue weighted by Gasteiger charge is 2.27. The fourth-order valence-electron chi connectivity index (χ4n) is 3.87. The second-order valence-corrected chi connectivity index (χ2v) is 9.71. The van der Waals surface area contributed by atoms with E-state index in [-0.39, 0.29) is 12.0 Å². The maximum absolute atomic E-state index is 12.6. The molecule has 0 unspecified atom stereocenters. The number of hydrogen-bond donors (Lipinski definition) is 4. The molecule has 29 heavy (non-hydrogen) atoms. The molecule has 1 aliphatic heterocycles. The molecule has 3 aromatic rings. The first-order valence-corrected chi connectivity index (χ1v) is 11.6. The zero-order valence-corrected chi connectivity index (χ0v) is 17.5. The number of pyridine rings is 1. The standard InChI is InChI=1S/C20H23N5O2S2/c26-12-7-11(8-12)23-6-3-17(27)25-20-18(13-1-4-22-10-16(13)29-20)19-24-14-9-21-5-2-15(14)28-19/h2,5,9,11-12,22-23,26H,1,3-4,6-8,10H2,(H,25,27). The molecule has 0 spiro atoms. The van der Waals surface area contributed by atoms with Gasteiger partial charge in [-0.3, -0.25) is 9.78 Å². The third-order valence-corrected chi connectivity index (χ3v) is 7.68. The summed E-state index contributed by atoms with van der Waals surface area (Å²) in [4.78, 5) is 22.8. The minimum absolute atomic E-state index is 0.00737. The number of thiophene rings is 1. The topological polar surface area (TPSA) is 99.2 Å². The van der Waals surface area contributed by atoms with Crippen LogP contribution in [-0.4, -0.2) is 46.2 Å². The number of rotatable bonds is 6. The monoisotopic (exact) mass is 429 g/mol. The normalized spacial score (nSPS) is 21.0. The van der Waals surface area contributed by atoms with Crippen LogP contribution in [0.3, 0.4) is 0 Å². The van der Waals surface area contributed by atoms with Crippen LogP contribution in [0.15, 0.2) is 18.5 Å². The molecule has 5 rings (SSSR count). The SMILES string of the molecule is O=C(CCNC1CC(O)C1)Nc1sc2c(c1-c1nc3cnccc3s1)CCNC2. The molecule has 152 valence electrons. The summed E-state index contributed by atoms with van der Waals surface area (Å²) in [6.07, 6.45) is 6.31. The molecule has 0 bridgehead atoms. The Bertz CT molecular complexity index is 1010. The van der Waals surface area contributed by atoms with Crippen LogP contribution in [0.4, 0.5) is 5.00 Å². The Kier molecular flexibility index (Phi) is 5.31. The number of carbonyl (C=O) groups excluding carboxylic acids is 1. The fourth-order valence-corrected chi connectivity index (χ4v) is 6.18. The first kappa shape index (κ1) is 19.1. The van der Waals surface area contributed by atoms with E-state index in [0.717, 1.165) is 58.1 Å². The number of hydrogen-bond acceptors (Lipinski definition) is 8. The Balaban J connectivity index is 1.36. The van der Waals surface area contributed by atoms with Crippen molar-refractivity contribution in [2.45, 2.75) is 44.4 Å². The molecule has 9 heteroatoms. The van der Waals surface area contributed by atoms with Gasteiger partial charge in [-0.1, -0.05) is 0 Å². The quantitative estimate of drug-likeness (QED) is 0.481. The van der Waals surface area contributed by atoms with Gasteiger partial charge in [-0.15, -0.1) is 22.7 Å². The van der Waals surface area contributed by atoms with Crippen LogP contribution in [0.2, 0.25) is 0 Å². The molecule has 2 aliphatic rings. The minimum Gasteiger partial charge on any atom is -0.393 e. The van der Waals surface area contributed by atoms with Crippen LogP contribution < -0.4 is 16.0 Å². The van der Waals surface area contributed by atoms with Gasteiger partial charge in [0.1, 0.15) is 15.5 Å². The number of anilines is 1. The Morgan fingerprint density at radius 2 is 2.24 bits per heavy atom. The van der Waals surface area contributed by atoms with E-state index < -0.39 is 0 Å². The van der Waals surface area contributed by atoms with Crippen LogP contribution >= 0.6 is 22.7 Å². The van der Waals surface area contributed by atoms with Gasteiger partial charge in [-0.2, -0.15) is 0 Å². The first-order chi connectivity index (χ1) is 14.2. The second-order valence-electron chi connectivity index (χ2n) is 7.57. The highest BCUT2D eigenvalue weighted by atomic mass is 32.1. The molecule has 1 aliphatic carbocycles. The molecule has 0 aromatic carbocycles. The lowest BCUT2D eigenvalue weighted by atomic mass is 9.89. The molecule has 4 heterocycles. The molecular weight excluding hydrogens is 406 g/mol. The molecule has 3 aromatic heterocycles. The first-order valence-electron chi connectivity index (χ1n) is 9.95. The maximum Gasteiger partial charge on any atom is 0.226 e. The van der Waals surface area contributed by atoms with E-state index >= 15 is 0 Å². The lowest BCUT2D eigenvalue weighted by Crippen LogP contribution is -2.44. The van der Waals surface area contributed by atoms with E-state index in [1.165, 1.54) is 10.4 Å². The van der Waals surface area contributed by atoms with Crippen LogP contribution in [-0.2, 0) is 17.8 Å².